The van der Waals surface area contributed by atoms with E-state index >= 15 is 0 Å². The van der Waals surface area contributed by atoms with Crippen LogP contribution in [-0.2, 0) is 6.42 Å². The molecule has 0 radical (unpaired) electrons. The van der Waals surface area contributed by atoms with Crippen LogP contribution >= 0.6 is 0 Å². The van der Waals surface area contributed by atoms with Crippen LogP contribution in [0.5, 0.6) is 5.75 Å². The largest absolute Gasteiger partial charge is 0.494 e. The van der Waals surface area contributed by atoms with Gasteiger partial charge in [-0.2, -0.15) is 5.10 Å². The second kappa shape index (κ2) is 5.91. The van der Waals surface area contributed by atoms with Crippen molar-refractivity contribution in [3.05, 3.63) is 47.3 Å². The fraction of sp³-hybridized carbons (Fsp3) is 0.438. The van der Waals surface area contributed by atoms with E-state index in [1.165, 1.54) is 11.3 Å². The molecule has 0 N–H and O–H groups in total. The Morgan fingerprint density at radius 1 is 1.21 bits per heavy atom. The lowest BCUT2D eigenvalue weighted by Gasteiger charge is -2.07. The monoisotopic (exact) mass is 258 g/mol. The minimum atomic E-state index is 0.411. The number of aryl methyl sites for hydroxylation is 1. The number of hydrogen-bond acceptors (Lipinski definition) is 2. The van der Waals surface area contributed by atoms with Gasteiger partial charge in [-0.15, -0.1) is 0 Å². The van der Waals surface area contributed by atoms with Crippen LogP contribution in [0, 0.1) is 6.92 Å². The smallest absolute Gasteiger partial charge is 0.119 e. The third-order valence-corrected chi connectivity index (χ3v) is 3.08. The maximum absolute atomic E-state index is 5.45. The van der Waals surface area contributed by atoms with Crippen molar-refractivity contribution < 1.29 is 4.74 Å². The summed E-state index contributed by atoms with van der Waals surface area (Å²) in [4.78, 5) is 0. The zero-order valence-corrected chi connectivity index (χ0v) is 12.2. The number of ether oxygens (including phenoxy) is 1. The number of rotatable bonds is 5. The van der Waals surface area contributed by atoms with Crippen LogP contribution < -0.4 is 4.74 Å². The fourth-order valence-corrected chi connectivity index (χ4v) is 2.24. The molecule has 0 spiro atoms. The zero-order valence-electron chi connectivity index (χ0n) is 12.2. The Morgan fingerprint density at radius 2 is 1.89 bits per heavy atom. The maximum atomic E-state index is 5.45. The first-order chi connectivity index (χ1) is 9.10. The molecule has 1 aromatic carbocycles. The molecule has 0 aliphatic carbocycles. The highest BCUT2D eigenvalue weighted by atomic mass is 16.5. The van der Waals surface area contributed by atoms with Gasteiger partial charge in [0.2, 0.25) is 0 Å². The van der Waals surface area contributed by atoms with Crippen LogP contribution in [0.1, 0.15) is 43.8 Å². The van der Waals surface area contributed by atoms with Crippen molar-refractivity contribution in [2.45, 2.75) is 40.2 Å². The molecule has 0 unspecified atom stereocenters. The van der Waals surface area contributed by atoms with Gasteiger partial charge < -0.3 is 4.74 Å². The molecular weight excluding hydrogens is 236 g/mol. The van der Waals surface area contributed by atoms with Gasteiger partial charge in [-0.3, -0.25) is 4.68 Å². The maximum Gasteiger partial charge on any atom is 0.119 e. The first-order valence-corrected chi connectivity index (χ1v) is 6.87. The molecule has 102 valence electrons. The molecule has 1 aromatic heterocycles. The van der Waals surface area contributed by atoms with E-state index in [1.54, 1.807) is 0 Å². The standard InChI is InChI=1S/C16H22N2O/c1-5-19-16-8-6-14(7-9-16)11-15-10-13(4)18(17-15)12(2)3/h6-10,12H,5,11H2,1-4H3. The Labute approximate surface area is 115 Å². The summed E-state index contributed by atoms with van der Waals surface area (Å²) in [5, 5.41) is 4.65. The number of benzene rings is 1. The van der Waals surface area contributed by atoms with Gasteiger partial charge in [-0.25, -0.2) is 0 Å². The fourth-order valence-electron chi connectivity index (χ4n) is 2.24. The van der Waals surface area contributed by atoms with Gasteiger partial charge in [0.05, 0.1) is 12.3 Å². The Morgan fingerprint density at radius 3 is 2.42 bits per heavy atom. The normalized spacial score (nSPS) is 11.0. The summed E-state index contributed by atoms with van der Waals surface area (Å²) in [5.74, 6) is 0.926. The molecule has 0 aliphatic heterocycles. The van der Waals surface area contributed by atoms with Gasteiger partial charge in [-0.1, -0.05) is 12.1 Å². The van der Waals surface area contributed by atoms with Crippen molar-refractivity contribution in [2.75, 3.05) is 6.61 Å². The highest BCUT2D eigenvalue weighted by Gasteiger charge is 2.07. The summed E-state index contributed by atoms with van der Waals surface area (Å²) >= 11 is 0. The topological polar surface area (TPSA) is 27.1 Å². The highest BCUT2D eigenvalue weighted by molar-refractivity contribution is 5.30. The Bertz CT molecular complexity index is 526. The molecular formula is C16H22N2O. The molecule has 0 atom stereocenters. The van der Waals surface area contributed by atoms with E-state index in [0.29, 0.717) is 12.6 Å². The van der Waals surface area contributed by atoms with Crippen LogP contribution in [0.4, 0.5) is 0 Å². The summed E-state index contributed by atoms with van der Waals surface area (Å²) in [6.07, 6.45) is 0.868. The van der Waals surface area contributed by atoms with Crippen molar-refractivity contribution in [1.29, 1.82) is 0 Å². The highest BCUT2D eigenvalue weighted by Crippen LogP contribution is 2.16. The number of aromatic nitrogens is 2. The van der Waals surface area contributed by atoms with Crippen molar-refractivity contribution >= 4 is 0 Å². The van der Waals surface area contributed by atoms with Crippen molar-refractivity contribution in [1.82, 2.24) is 9.78 Å². The zero-order chi connectivity index (χ0) is 13.8. The summed E-state index contributed by atoms with van der Waals surface area (Å²) in [7, 11) is 0. The summed E-state index contributed by atoms with van der Waals surface area (Å²) in [5.41, 5.74) is 3.60. The second-order valence-corrected chi connectivity index (χ2v) is 5.07. The van der Waals surface area contributed by atoms with Crippen molar-refractivity contribution in [2.24, 2.45) is 0 Å². The molecule has 2 rings (SSSR count). The van der Waals surface area contributed by atoms with E-state index in [9.17, 15) is 0 Å². The van der Waals surface area contributed by atoms with E-state index in [0.717, 1.165) is 17.9 Å². The summed E-state index contributed by atoms with van der Waals surface area (Å²) in [6, 6.07) is 10.8. The summed E-state index contributed by atoms with van der Waals surface area (Å²) < 4.78 is 7.52. The average Bonchev–Trinajstić information content (AvgIpc) is 2.73. The minimum Gasteiger partial charge on any atom is -0.494 e. The lowest BCUT2D eigenvalue weighted by molar-refractivity contribution is 0.340. The molecule has 2 aromatic rings. The molecule has 0 bridgehead atoms. The lowest BCUT2D eigenvalue weighted by Crippen LogP contribution is -2.05. The van der Waals surface area contributed by atoms with E-state index in [-0.39, 0.29) is 0 Å². The molecule has 0 saturated carbocycles. The Balaban J connectivity index is 2.10. The van der Waals surface area contributed by atoms with Crippen molar-refractivity contribution in [3.63, 3.8) is 0 Å². The SMILES string of the molecule is CCOc1ccc(Cc2cc(C)n(C(C)C)n2)cc1. The Kier molecular flexibility index (Phi) is 4.25. The van der Waals surface area contributed by atoms with Gasteiger partial charge in [0.15, 0.2) is 0 Å². The molecule has 3 nitrogen and oxygen atoms in total. The quantitative estimate of drug-likeness (QED) is 0.816. The predicted octanol–water partition coefficient (Wildman–Crippen LogP) is 3.76. The van der Waals surface area contributed by atoms with E-state index in [2.05, 4.69) is 48.8 Å². The molecule has 0 amide bonds. The molecule has 0 aliphatic rings. The first kappa shape index (κ1) is 13.7. The van der Waals surface area contributed by atoms with Gasteiger partial charge >= 0.3 is 0 Å². The van der Waals surface area contributed by atoms with Crippen LogP contribution in [0.3, 0.4) is 0 Å². The van der Waals surface area contributed by atoms with Crippen LogP contribution in [-0.4, -0.2) is 16.4 Å². The molecule has 0 saturated heterocycles. The third kappa shape index (κ3) is 3.37. The molecule has 1 heterocycles. The lowest BCUT2D eigenvalue weighted by atomic mass is 10.1. The number of nitrogens with zero attached hydrogens (tertiary/aromatic N) is 2. The number of hydrogen-bond donors (Lipinski definition) is 0. The first-order valence-electron chi connectivity index (χ1n) is 6.87. The second-order valence-electron chi connectivity index (χ2n) is 5.07. The minimum absolute atomic E-state index is 0.411. The van der Waals surface area contributed by atoms with E-state index in [1.807, 2.05) is 19.1 Å². The predicted molar refractivity (Wildman–Crippen MR) is 77.8 cm³/mol. The van der Waals surface area contributed by atoms with E-state index < -0.39 is 0 Å². The van der Waals surface area contributed by atoms with Gasteiger partial charge in [0.25, 0.3) is 0 Å². The van der Waals surface area contributed by atoms with Gasteiger partial charge in [0, 0.05) is 18.2 Å². The molecule has 0 fully saturated rings. The summed E-state index contributed by atoms with van der Waals surface area (Å²) in [6.45, 7) is 9.11. The molecule has 19 heavy (non-hydrogen) atoms. The van der Waals surface area contributed by atoms with Crippen molar-refractivity contribution in [3.8, 4) is 5.75 Å². The van der Waals surface area contributed by atoms with Gasteiger partial charge in [0.1, 0.15) is 5.75 Å². The van der Waals surface area contributed by atoms with Crippen LogP contribution in [0.25, 0.3) is 0 Å². The Hall–Kier alpha value is -1.77. The van der Waals surface area contributed by atoms with E-state index in [4.69, 9.17) is 4.74 Å². The van der Waals surface area contributed by atoms with Gasteiger partial charge in [-0.05, 0) is 51.5 Å². The average molecular weight is 258 g/mol. The third-order valence-electron chi connectivity index (χ3n) is 3.08. The van der Waals surface area contributed by atoms with Crippen LogP contribution in [0.15, 0.2) is 30.3 Å². The molecule has 3 heteroatoms. The van der Waals surface area contributed by atoms with Crippen LogP contribution in [0.2, 0.25) is 0 Å².